The van der Waals surface area contributed by atoms with E-state index in [1.165, 1.54) is 0 Å². The summed E-state index contributed by atoms with van der Waals surface area (Å²) >= 11 is 12.3. The summed E-state index contributed by atoms with van der Waals surface area (Å²) in [7, 11) is 0. The zero-order chi connectivity index (χ0) is 18.0. The van der Waals surface area contributed by atoms with E-state index in [1.54, 1.807) is 10.7 Å². The molecule has 4 nitrogen and oxygen atoms in total. The third-order valence-electron chi connectivity index (χ3n) is 3.79. The van der Waals surface area contributed by atoms with Crippen molar-refractivity contribution in [2.75, 3.05) is 0 Å². The van der Waals surface area contributed by atoms with Crippen LogP contribution in [0.2, 0.25) is 10.0 Å². The predicted molar refractivity (Wildman–Crippen MR) is 99.7 cm³/mol. The van der Waals surface area contributed by atoms with E-state index in [9.17, 15) is 4.79 Å². The molecule has 0 spiro atoms. The minimum atomic E-state index is -0.850. The Morgan fingerprint density at radius 3 is 2.32 bits per heavy atom. The molecule has 25 heavy (non-hydrogen) atoms. The molecule has 2 aromatic carbocycles. The minimum absolute atomic E-state index is 0.0284. The van der Waals surface area contributed by atoms with Crippen molar-refractivity contribution >= 4 is 29.2 Å². The number of carbonyl (C=O) groups is 1. The monoisotopic (exact) mass is 374 g/mol. The molecule has 0 radical (unpaired) electrons. The Hall–Kier alpha value is -2.30. The second-order valence-corrected chi connectivity index (χ2v) is 6.69. The van der Waals surface area contributed by atoms with Gasteiger partial charge in [-0.2, -0.15) is 5.10 Å². The van der Waals surface area contributed by atoms with Crippen molar-refractivity contribution < 1.29 is 9.90 Å². The summed E-state index contributed by atoms with van der Waals surface area (Å²) in [5.74, 6) is -0.850. The van der Waals surface area contributed by atoms with Gasteiger partial charge in [-0.15, -0.1) is 0 Å². The smallest absolute Gasteiger partial charge is 0.303 e. The maximum absolute atomic E-state index is 10.9. The van der Waals surface area contributed by atoms with Crippen LogP contribution in [0.15, 0.2) is 48.5 Å². The summed E-state index contributed by atoms with van der Waals surface area (Å²) in [5, 5.41) is 14.6. The van der Waals surface area contributed by atoms with E-state index in [-0.39, 0.29) is 6.42 Å². The van der Waals surface area contributed by atoms with Crippen LogP contribution in [-0.4, -0.2) is 20.9 Å². The number of rotatable bonds is 5. The highest BCUT2D eigenvalue weighted by molar-refractivity contribution is 6.35. The lowest BCUT2D eigenvalue weighted by atomic mass is 10.1. The SMILES string of the molecule is Cc1ccc(-n2nc(CCC(=O)O)cc2-c2cc(Cl)cc(Cl)c2)cc1. The minimum Gasteiger partial charge on any atom is -0.481 e. The molecule has 128 valence electrons. The van der Waals surface area contributed by atoms with Gasteiger partial charge in [0.25, 0.3) is 0 Å². The highest BCUT2D eigenvalue weighted by Gasteiger charge is 2.14. The topological polar surface area (TPSA) is 55.1 Å². The van der Waals surface area contributed by atoms with Crippen molar-refractivity contribution in [2.45, 2.75) is 19.8 Å². The second kappa shape index (κ2) is 7.30. The average Bonchev–Trinajstić information content (AvgIpc) is 2.97. The Bertz CT molecular complexity index is 897. The molecular weight excluding hydrogens is 359 g/mol. The quantitative estimate of drug-likeness (QED) is 0.669. The van der Waals surface area contributed by atoms with Crippen LogP contribution < -0.4 is 0 Å². The molecule has 1 N–H and O–H groups in total. The predicted octanol–water partition coefficient (Wildman–Crippen LogP) is 5.17. The van der Waals surface area contributed by atoms with Crippen molar-refractivity contribution in [3.05, 3.63) is 69.8 Å². The first-order chi connectivity index (χ1) is 11.9. The van der Waals surface area contributed by atoms with Crippen LogP contribution in [0.3, 0.4) is 0 Å². The maximum Gasteiger partial charge on any atom is 0.303 e. The molecule has 0 bridgehead atoms. The van der Waals surface area contributed by atoms with Crippen molar-refractivity contribution in [2.24, 2.45) is 0 Å². The molecule has 0 aliphatic rings. The molecule has 3 aromatic rings. The van der Waals surface area contributed by atoms with Crippen molar-refractivity contribution in [3.8, 4) is 16.9 Å². The van der Waals surface area contributed by atoms with Crippen LogP contribution in [0.1, 0.15) is 17.7 Å². The van der Waals surface area contributed by atoms with Gasteiger partial charge in [-0.05, 0) is 43.3 Å². The number of aryl methyl sites for hydroxylation is 2. The van der Waals surface area contributed by atoms with Gasteiger partial charge in [0.15, 0.2) is 0 Å². The molecule has 0 saturated carbocycles. The summed E-state index contributed by atoms with van der Waals surface area (Å²) in [6, 6.07) is 15.1. The molecule has 0 aliphatic heterocycles. The molecule has 0 amide bonds. The first kappa shape index (κ1) is 17.5. The van der Waals surface area contributed by atoms with Gasteiger partial charge in [-0.3, -0.25) is 4.79 Å². The fourth-order valence-corrected chi connectivity index (χ4v) is 3.10. The number of benzene rings is 2. The van der Waals surface area contributed by atoms with Gasteiger partial charge in [0.1, 0.15) is 0 Å². The van der Waals surface area contributed by atoms with Gasteiger partial charge in [-0.25, -0.2) is 4.68 Å². The number of carboxylic acids is 1. The van der Waals surface area contributed by atoms with E-state index in [4.69, 9.17) is 28.3 Å². The molecule has 3 rings (SSSR count). The third-order valence-corrected chi connectivity index (χ3v) is 4.23. The normalized spacial score (nSPS) is 10.8. The van der Waals surface area contributed by atoms with Crippen LogP contribution in [-0.2, 0) is 11.2 Å². The zero-order valence-electron chi connectivity index (χ0n) is 13.5. The van der Waals surface area contributed by atoms with Crippen molar-refractivity contribution in [1.82, 2.24) is 9.78 Å². The molecule has 0 fully saturated rings. The summed E-state index contributed by atoms with van der Waals surface area (Å²) in [5.41, 5.74) is 4.38. The summed E-state index contributed by atoms with van der Waals surface area (Å²) in [4.78, 5) is 10.9. The van der Waals surface area contributed by atoms with E-state index < -0.39 is 5.97 Å². The molecule has 0 unspecified atom stereocenters. The van der Waals surface area contributed by atoms with Gasteiger partial charge in [0.2, 0.25) is 0 Å². The molecule has 6 heteroatoms. The van der Waals surface area contributed by atoms with Crippen LogP contribution in [0.5, 0.6) is 0 Å². The van der Waals surface area contributed by atoms with E-state index >= 15 is 0 Å². The van der Waals surface area contributed by atoms with Gasteiger partial charge >= 0.3 is 5.97 Å². The van der Waals surface area contributed by atoms with Crippen LogP contribution in [0.25, 0.3) is 16.9 Å². The molecule has 0 aliphatic carbocycles. The van der Waals surface area contributed by atoms with Crippen molar-refractivity contribution in [3.63, 3.8) is 0 Å². The Morgan fingerprint density at radius 2 is 1.72 bits per heavy atom. The van der Waals surface area contributed by atoms with Crippen LogP contribution in [0, 0.1) is 6.92 Å². The van der Waals surface area contributed by atoms with E-state index in [1.807, 2.05) is 49.4 Å². The Morgan fingerprint density at radius 1 is 1.08 bits per heavy atom. The number of halogens is 2. The lowest BCUT2D eigenvalue weighted by Crippen LogP contribution is -2.01. The molecule has 0 saturated heterocycles. The number of hydrogen-bond donors (Lipinski definition) is 1. The Kier molecular flexibility index (Phi) is 5.11. The maximum atomic E-state index is 10.9. The number of aromatic nitrogens is 2. The Balaban J connectivity index is 2.10. The Labute approximate surface area is 155 Å². The van der Waals surface area contributed by atoms with Gasteiger partial charge in [0.05, 0.1) is 23.5 Å². The fraction of sp³-hybridized carbons (Fsp3) is 0.158. The van der Waals surface area contributed by atoms with Gasteiger partial charge in [0, 0.05) is 22.0 Å². The van der Waals surface area contributed by atoms with Crippen molar-refractivity contribution in [1.29, 1.82) is 0 Å². The zero-order valence-corrected chi connectivity index (χ0v) is 15.1. The lowest BCUT2D eigenvalue weighted by molar-refractivity contribution is -0.136. The number of carboxylic acid groups (broad SMARTS) is 1. The molecule has 1 aromatic heterocycles. The first-order valence-electron chi connectivity index (χ1n) is 7.76. The summed E-state index contributed by atoms with van der Waals surface area (Å²) in [6.45, 7) is 2.02. The first-order valence-corrected chi connectivity index (χ1v) is 8.52. The fourth-order valence-electron chi connectivity index (χ4n) is 2.58. The van der Waals surface area contributed by atoms with Crippen LogP contribution >= 0.6 is 23.2 Å². The highest BCUT2D eigenvalue weighted by atomic mass is 35.5. The van der Waals surface area contributed by atoms with Crippen LogP contribution in [0.4, 0.5) is 0 Å². The van der Waals surface area contributed by atoms with E-state index in [2.05, 4.69) is 5.10 Å². The molecule has 1 heterocycles. The molecular formula is C19H16Cl2N2O2. The number of aliphatic carboxylic acids is 1. The van der Waals surface area contributed by atoms with E-state index in [0.29, 0.717) is 22.2 Å². The largest absolute Gasteiger partial charge is 0.481 e. The van der Waals surface area contributed by atoms with E-state index in [0.717, 1.165) is 22.5 Å². The van der Waals surface area contributed by atoms with Gasteiger partial charge < -0.3 is 5.11 Å². The van der Waals surface area contributed by atoms with Gasteiger partial charge in [-0.1, -0.05) is 40.9 Å². The average molecular weight is 375 g/mol. The number of hydrogen-bond acceptors (Lipinski definition) is 2. The highest BCUT2D eigenvalue weighted by Crippen LogP contribution is 2.30. The summed E-state index contributed by atoms with van der Waals surface area (Å²) in [6.07, 6.45) is 0.385. The third kappa shape index (κ3) is 4.21. The second-order valence-electron chi connectivity index (χ2n) is 5.82. The standard InChI is InChI=1S/C19H16Cl2N2O2/c1-12-2-5-17(6-3-12)23-18(11-16(22-23)4-7-19(24)25)13-8-14(20)10-15(21)9-13/h2-3,5-6,8-11H,4,7H2,1H3,(H,24,25). The lowest BCUT2D eigenvalue weighted by Gasteiger charge is -2.09. The number of nitrogens with zero attached hydrogens (tertiary/aromatic N) is 2. The molecule has 0 atom stereocenters. The summed E-state index contributed by atoms with van der Waals surface area (Å²) < 4.78 is 1.79.